The van der Waals surface area contributed by atoms with Crippen molar-refractivity contribution < 1.29 is 14.3 Å². The lowest BCUT2D eigenvalue weighted by Gasteiger charge is -2.26. The smallest absolute Gasteiger partial charge is 0.324 e. The number of morpholine rings is 1. The molecule has 2 rings (SSSR count). The molecule has 0 unspecified atom stereocenters. The second-order valence-electron chi connectivity index (χ2n) is 3.15. The summed E-state index contributed by atoms with van der Waals surface area (Å²) in [5.41, 5.74) is 0.159. The average Bonchev–Trinajstić information content (AvgIpc) is 2.83. The van der Waals surface area contributed by atoms with Crippen LogP contribution in [0.4, 0.5) is 4.79 Å². The van der Waals surface area contributed by atoms with Crippen LogP contribution in [0.1, 0.15) is 10.5 Å². The number of carbonyl (C=O) groups excluding carboxylic acids is 2. The lowest BCUT2D eigenvalue weighted by molar-refractivity contribution is 0.0523. The topological polar surface area (TPSA) is 84.4 Å². The fourth-order valence-electron chi connectivity index (χ4n) is 1.27. The molecule has 1 fully saturated rings. The Kier molecular flexibility index (Phi) is 3.42. The van der Waals surface area contributed by atoms with E-state index in [2.05, 4.69) is 14.9 Å². The predicted molar refractivity (Wildman–Crippen MR) is 55.2 cm³/mol. The molecule has 86 valence electrons. The molecule has 0 atom stereocenters. The molecule has 8 heteroatoms. The Morgan fingerprint density at radius 3 is 2.81 bits per heavy atom. The van der Waals surface area contributed by atoms with E-state index in [1.165, 1.54) is 10.3 Å². The Hall–Kier alpha value is -1.54. The highest BCUT2D eigenvalue weighted by molar-refractivity contribution is 7.03. The number of nitrogens with one attached hydrogen (secondary N) is 1. The van der Waals surface area contributed by atoms with Crippen LogP contribution in [0.3, 0.4) is 0 Å². The third kappa shape index (κ3) is 2.52. The number of amides is 3. The molecule has 1 aromatic rings. The number of aromatic nitrogens is 2. The van der Waals surface area contributed by atoms with Crippen LogP contribution < -0.4 is 5.32 Å². The first kappa shape index (κ1) is 11.0. The van der Waals surface area contributed by atoms with Gasteiger partial charge in [-0.3, -0.25) is 10.1 Å². The van der Waals surface area contributed by atoms with E-state index in [1.807, 2.05) is 0 Å². The van der Waals surface area contributed by atoms with Gasteiger partial charge in [0.1, 0.15) is 0 Å². The van der Waals surface area contributed by atoms with Gasteiger partial charge in [-0.05, 0) is 11.5 Å². The Labute approximate surface area is 95.6 Å². The van der Waals surface area contributed by atoms with Gasteiger partial charge in [-0.2, -0.15) is 0 Å². The maximum absolute atomic E-state index is 11.6. The number of imide groups is 1. The highest BCUT2D eigenvalue weighted by Gasteiger charge is 2.20. The molecule has 2 heterocycles. The van der Waals surface area contributed by atoms with E-state index in [0.717, 1.165) is 11.5 Å². The minimum absolute atomic E-state index is 0.159. The zero-order valence-electron chi connectivity index (χ0n) is 8.38. The molecule has 1 saturated heterocycles. The van der Waals surface area contributed by atoms with E-state index in [4.69, 9.17) is 4.74 Å². The van der Waals surface area contributed by atoms with Crippen LogP contribution in [0.25, 0.3) is 0 Å². The lowest BCUT2D eigenvalue weighted by Crippen LogP contribution is -2.48. The molecule has 1 aliphatic heterocycles. The number of rotatable bonds is 1. The van der Waals surface area contributed by atoms with Crippen LogP contribution in [0, 0.1) is 0 Å². The molecule has 0 saturated carbocycles. The van der Waals surface area contributed by atoms with Crippen LogP contribution in [-0.2, 0) is 4.74 Å². The van der Waals surface area contributed by atoms with E-state index in [0.29, 0.717) is 26.3 Å². The van der Waals surface area contributed by atoms with Crippen LogP contribution in [0.15, 0.2) is 5.38 Å². The Balaban J connectivity index is 1.89. The fraction of sp³-hybridized carbons (Fsp3) is 0.500. The summed E-state index contributed by atoms with van der Waals surface area (Å²) in [6.45, 7) is 1.99. The van der Waals surface area contributed by atoms with Crippen LogP contribution in [0.2, 0.25) is 0 Å². The van der Waals surface area contributed by atoms with Gasteiger partial charge in [0.25, 0.3) is 5.91 Å². The molecule has 1 aromatic heterocycles. The molecule has 0 aromatic carbocycles. The quantitative estimate of drug-likeness (QED) is 0.732. The van der Waals surface area contributed by atoms with Gasteiger partial charge in [0.2, 0.25) is 0 Å². The van der Waals surface area contributed by atoms with Gasteiger partial charge >= 0.3 is 6.03 Å². The number of hydrogen-bond donors (Lipinski definition) is 1. The van der Waals surface area contributed by atoms with Crippen molar-refractivity contribution in [2.75, 3.05) is 26.3 Å². The summed E-state index contributed by atoms with van der Waals surface area (Å²) < 4.78 is 8.65. The fourth-order valence-corrected chi connectivity index (χ4v) is 1.71. The Morgan fingerprint density at radius 1 is 1.44 bits per heavy atom. The van der Waals surface area contributed by atoms with Crippen LogP contribution in [0.5, 0.6) is 0 Å². The summed E-state index contributed by atoms with van der Waals surface area (Å²) in [7, 11) is 0. The summed E-state index contributed by atoms with van der Waals surface area (Å²) in [6.07, 6.45) is 0. The van der Waals surface area contributed by atoms with E-state index in [1.54, 1.807) is 0 Å². The molecule has 1 N–H and O–H groups in total. The van der Waals surface area contributed by atoms with E-state index >= 15 is 0 Å². The molecule has 0 bridgehead atoms. The molecule has 0 aliphatic carbocycles. The maximum atomic E-state index is 11.6. The minimum Gasteiger partial charge on any atom is -0.378 e. The first-order valence-corrected chi connectivity index (χ1v) is 5.56. The predicted octanol–water partition coefficient (Wildman–Crippen LogP) is -0.280. The third-order valence-electron chi connectivity index (χ3n) is 2.11. The molecule has 1 aliphatic rings. The summed E-state index contributed by atoms with van der Waals surface area (Å²) in [6, 6.07) is -0.415. The second kappa shape index (κ2) is 4.99. The standard InChI is InChI=1S/C8H10N4O3S/c13-7(6-5-16-11-10-6)9-8(14)12-1-3-15-4-2-12/h5H,1-4H2,(H,9,13,14). The number of hydrogen-bond acceptors (Lipinski definition) is 6. The highest BCUT2D eigenvalue weighted by atomic mass is 32.1. The van der Waals surface area contributed by atoms with E-state index in [-0.39, 0.29) is 5.69 Å². The lowest BCUT2D eigenvalue weighted by atomic mass is 10.4. The SMILES string of the molecule is O=C(NC(=O)N1CCOCC1)c1csnn1. The summed E-state index contributed by atoms with van der Waals surface area (Å²) in [5, 5.41) is 7.31. The Bertz CT molecular complexity index is 375. The van der Waals surface area contributed by atoms with Gasteiger partial charge in [0.15, 0.2) is 5.69 Å². The van der Waals surface area contributed by atoms with Crippen molar-refractivity contribution in [1.29, 1.82) is 0 Å². The van der Waals surface area contributed by atoms with Gasteiger partial charge < -0.3 is 9.64 Å². The molecule has 0 spiro atoms. The monoisotopic (exact) mass is 242 g/mol. The maximum Gasteiger partial charge on any atom is 0.324 e. The number of nitrogens with zero attached hydrogens (tertiary/aromatic N) is 3. The number of ether oxygens (including phenoxy) is 1. The van der Waals surface area contributed by atoms with Crippen LogP contribution >= 0.6 is 11.5 Å². The van der Waals surface area contributed by atoms with Gasteiger partial charge in [-0.1, -0.05) is 4.49 Å². The highest BCUT2D eigenvalue weighted by Crippen LogP contribution is 2.00. The molecule has 3 amide bonds. The Morgan fingerprint density at radius 2 is 2.19 bits per heavy atom. The second-order valence-corrected chi connectivity index (χ2v) is 3.76. The molecule has 16 heavy (non-hydrogen) atoms. The zero-order chi connectivity index (χ0) is 11.4. The van der Waals surface area contributed by atoms with Gasteiger partial charge in [0.05, 0.1) is 13.2 Å². The molecular formula is C8H10N4O3S. The zero-order valence-corrected chi connectivity index (χ0v) is 9.20. The van der Waals surface area contributed by atoms with Crippen molar-refractivity contribution in [2.45, 2.75) is 0 Å². The summed E-state index contributed by atoms with van der Waals surface area (Å²) in [5.74, 6) is -0.523. The van der Waals surface area contributed by atoms with Crippen molar-refractivity contribution in [3.05, 3.63) is 11.1 Å². The minimum atomic E-state index is -0.523. The van der Waals surface area contributed by atoms with Crippen molar-refractivity contribution in [3.8, 4) is 0 Å². The summed E-state index contributed by atoms with van der Waals surface area (Å²) in [4.78, 5) is 24.6. The normalized spacial score (nSPS) is 15.9. The van der Waals surface area contributed by atoms with Crippen LogP contribution in [-0.4, -0.2) is 52.7 Å². The van der Waals surface area contributed by atoms with E-state index < -0.39 is 11.9 Å². The van der Waals surface area contributed by atoms with Gasteiger partial charge in [0, 0.05) is 18.5 Å². The largest absolute Gasteiger partial charge is 0.378 e. The first-order valence-electron chi connectivity index (χ1n) is 4.72. The number of carbonyl (C=O) groups is 2. The first-order chi connectivity index (χ1) is 7.77. The van der Waals surface area contributed by atoms with Crippen molar-refractivity contribution in [1.82, 2.24) is 19.8 Å². The summed E-state index contributed by atoms with van der Waals surface area (Å²) >= 11 is 1.06. The van der Waals surface area contributed by atoms with Crippen molar-refractivity contribution >= 4 is 23.5 Å². The number of urea groups is 1. The van der Waals surface area contributed by atoms with Crippen molar-refractivity contribution in [3.63, 3.8) is 0 Å². The van der Waals surface area contributed by atoms with Gasteiger partial charge in [-0.25, -0.2) is 4.79 Å². The third-order valence-corrected chi connectivity index (χ3v) is 2.62. The van der Waals surface area contributed by atoms with E-state index in [9.17, 15) is 9.59 Å². The molecular weight excluding hydrogens is 232 g/mol. The van der Waals surface area contributed by atoms with Gasteiger partial charge in [-0.15, -0.1) is 5.10 Å². The van der Waals surface area contributed by atoms with Crippen molar-refractivity contribution in [2.24, 2.45) is 0 Å². The molecule has 7 nitrogen and oxygen atoms in total. The molecule has 0 radical (unpaired) electrons. The average molecular weight is 242 g/mol.